The topological polar surface area (TPSA) is 60.6 Å². The zero-order valence-corrected chi connectivity index (χ0v) is 16.4. The van der Waals surface area contributed by atoms with Gasteiger partial charge < -0.3 is 19.9 Å². The molecular weight excluding hydrogens is 340 g/mol. The largest absolute Gasteiger partial charge is 0.379 e. The summed E-state index contributed by atoms with van der Waals surface area (Å²) in [6, 6.07) is 6.82. The van der Waals surface area contributed by atoms with Gasteiger partial charge in [0, 0.05) is 67.3 Å². The number of carbonyl (C=O) groups excluding carboxylic acids is 1. The molecule has 2 N–H and O–H groups in total. The highest BCUT2D eigenvalue weighted by molar-refractivity contribution is 5.88. The number of hydrogen-bond donors (Lipinski definition) is 2. The summed E-state index contributed by atoms with van der Waals surface area (Å²) >= 11 is 0. The highest BCUT2D eigenvalue weighted by Gasteiger charge is 2.26. The molecule has 0 radical (unpaired) electrons. The van der Waals surface area contributed by atoms with Crippen LogP contribution in [0.3, 0.4) is 0 Å². The van der Waals surface area contributed by atoms with Crippen molar-refractivity contribution in [2.75, 3.05) is 39.4 Å². The third-order valence-corrected chi connectivity index (χ3v) is 6.03. The van der Waals surface area contributed by atoms with Crippen LogP contribution in [0, 0.1) is 6.92 Å². The lowest BCUT2D eigenvalue weighted by atomic mass is 10.0. The molecule has 6 heteroatoms. The van der Waals surface area contributed by atoms with E-state index in [1.807, 2.05) is 4.90 Å². The van der Waals surface area contributed by atoms with Crippen molar-refractivity contribution in [3.63, 3.8) is 0 Å². The standard InChI is InChI=1S/C21H30N4O2/c1-3-16(24-9-11-27-12-10-24)13-22-21(26)25-8-7-19-18(14-25)17-6-4-5-15(2)20(17)23-19/h4-6,16,23H,3,7-14H2,1-2H3,(H,22,26)/t16-/m0/s1. The summed E-state index contributed by atoms with van der Waals surface area (Å²) in [5, 5.41) is 4.43. The Hall–Kier alpha value is -2.05. The molecule has 0 aliphatic carbocycles. The van der Waals surface area contributed by atoms with Crippen LogP contribution in [-0.2, 0) is 17.7 Å². The van der Waals surface area contributed by atoms with E-state index in [4.69, 9.17) is 4.74 Å². The molecule has 3 heterocycles. The molecule has 27 heavy (non-hydrogen) atoms. The maximum Gasteiger partial charge on any atom is 0.317 e. The SMILES string of the molecule is CC[C@@H](CNC(=O)N1CCc2[nH]c3c(C)cccc3c2C1)N1CCOCC1. The Balaban J connectivity index is 1.40. The van der Waals surface area contributed by atoms with Gasteiger partial charge in [0.25, 0.3) is 0 Å². The molecule has 1 aromatic heterocycles. The molecule has 1 atom stereocenters. The molecule has 1 saturated heterocycles. The Morgan fingerprint density at radius 2 is 2.11 bits per heavy atom. The molecule has 4 rings (SSSR count). The summed E-state index contributed by atoms with van der Waals surface area (Å²) in [5.74, 6) is 0. The highest BCUT2D eigenvalue weighted by Crippen LogP contribution is 2.29. The van der Waals surface area contributed by atoms with Crippen molar-refractivity contribution in [2.45, 2.75) is 39.3 Å². The van der Waals surface area contributed by atoms with Gasteiger partial charge in [-0.25, -0.2) is 4.79 Å². The first-order valence-electron chi connectivity index (χ1n) is 10.1. The molecule has 0 bridgehead atoms. The highest BCUT2D eigenvalue weighted by atomic mass is 16.5. The molecule has 2 amide bonds. The van der Waals surface area contributed by atoms with Gasteiger partial charge in [0.2, 0.25) is 0 Å². The Morgan fingerprint density at radius 3 is 2.89 bits per heavy atom. The molecule has 0 unspecified atom stereocenters. The van der Waals surface area contributed by atoms with E-state index in [-0.39, 0.29) is 6.03 Å². The number of rotatable bonds is 4. The molecule has 146 valence electrons. The third-order valence-electron chi connectivity index (χ3n) is 6.03. The second-order valence-electron chi connectivity index (χ2n) is 7.65. The van der Waals surface area contributed by atoms with E-state index in [9.17, 15) is 4.79 Å². The van der Waals surface area contributed by atoms with Crippen molar-refractivity contribution in [3.05, 3.63) is 35.0 Å². The van der Waals surface area contributed by atoms with Gasteiger partial charge in [0.1, 0.15) is 0 Å². The minimum atomic E-state index is 0.0503. The van der Waals surface area contributed by atoms with Crippen LogP contribution in [0.5, 0.6) is 0 Å². The van der Waals surface area contributed by atoms with Crippen LogP contribution < -0.4 is 5.32 Å². The number of amides is 2. The normalized spacial score (nSPS) is 19.1. The number of carbonyl (C=O) groups is 1. The average Bonchev–Trinajstić information content (AvgIpc) is 3.08. The number of aromatic nitrogens is 1. The van der Waals surface area contributed by atoms with E-state index in [0.29, 0.717) is 19.1 Å². The van der Waals surface area contributed by atoms with Gasteiger partial charge in [-0.1, -0.05) is 25.1 Å². The number of hydrogen-bond acceptors (Lipinski definition) is 3. The number of H-pyrrole nitrogens is 1. The van der Waals surface area contributed by atoms with Crippen molar-refractivity contribution in [2.24, 2.45) is 0 Å². The summed E-state index contributed by atoms with van der Waals surface area (Å²) in [5.41, 5.74) is 5.02. The molecule has 2 aromatic rings. The molecule has 2 aliphatic rings. The Labute approximate surface area is 160 Å². The van der Waals surface area contributed by atoms with E-state index in [1.165, 1.54) is 27.7 Å². The number of aromatic amines is 1. The van der Waals surface area contributed by atoms with Gasteiger partial charge in [-0.15, -0.1) is 0 Å². The van der Waals surface area contributed by atoms with Crippen LogP contribution in [-0.4, -0.2) is 66.2 Å². The lowest BCUT2D eigenvalue weighted by Gasteiger charge is -2.35. The summed E-state index contributed by atoms with van der Waals surface area (Å²) in [6.07, 6.45) is 1.92. The number of nitrogens with zero attached hydrogens (tertiary/aromatic N) is 2. The zero-order chi connectivity index (χ0) is 18.8. The summed E-state index contributed by atoms with van der Waals surface area (Å²) in [6.45, 7) is 9.95. The van der Waals surface area contributed by atoms with Crippen molar-refractivity contribution in [1.29, 1.82) is 0 Å². The Kier molecular flexibility index (Phi) is 5.36. The van der Waals surface area contributed by atoms with Crippen LogP contribution in [0.1, 0.15) is 30.2 Å². The van der Waals surface area contributed by atoms with E-state index >= 15 is 0 Å². The number of ether oxygens (including phenoxy) is 1. The molecule has 1 fully saturated rings. The minimum absolute atomic E-state index is 0.0503. The number of benzene rings is 1. The van der Waals surface area contributed by atoms with E-state index in [0.717, 1.165) is 45.7 Å². The van der Waals surface area contributed by atoms with Crippen LogP contribution in [0.4, 0.5) is 4.79 Å². The van der Waals surface area contributed by atoms with E-state index < -0.39 is 0 Å². The lowest BCUT2D eigenvalue weighted by molar-refractivity contribution is 0.0162. The third kappa shape index (κ3) is 3.69. The summed E-state index contributed by atoms with van der Waals surface area (Å²) in [4.78, 5) is 20.7. The zero-order valence-electron chi connectivity index (χ0n) is 16.4. The molecule has 0 saturated carbocycles. The summed E-state index contributed by atoms with van der Waals surface area (Å²) in [7, 11) is 0. The van der Waals surface area contributed by atoms with Gasteiger partial charge in [0.15, 0.2) is 0 Å². The fourth-order valence-electron chi connectivity index (χ4n) is 4.35. The smallest absolute Gasteiger partial charge is 0.317 e. The number of para-hydroxylation sites is 1. The second kappa shape index (κ2) is 7.90. The first kappa shape index (κ1) is 18.3. The molecule has 0 spiro atoms. The molecule has 1 aromatic carbocycles. The van der Waals surface area contributed by atoms with Gasteiger partial charge in [0.05, 0.1) is 13.2 Å². The van der Waals surface area contributed by atoms with Crippen LogP contribution >= 0.6 is 0 Å². The quantitative estimate of drug-likeness (QED) is 0.870. The number of fused-ring (bicyclic) bond motifs is 3. The van der Waals surface area contributed by atoms with Gasteiger partial charge >= 0.3 is 6.03 Å². The van der Waals surface area contributed by atoms with Gasteiger partial charge in [-0.05, 0) is 18.9 Å². The maximum atomic E-state index is 12.8. The van der Waals surface area contributed by atoms with Crippen LogP contribution in [0.15, 0.2) is 18.2 Å². The second-order valence-corrected chi connectivity index (χ2v) is 7.65. The first-order valence-corrected chi connectivity index (χ1v) is 10.1. The van der Waals surface area contributed by atoms with Crippen molar-refractivity contribution >= 4 is 16.9 Å². The number of nitrogens with one attached hydrogen (secondary N) is 2. The van der Waals surface area contributed by atoms with Crippen molar-refractivity contribution in [3.8, 4) is 0 Å². The van der Waals surface area contributed by atoms with Crippen LogP contribution in [0.2, 0.25) is 0 Å². The van der Waals surface area contributed by atoms with Gasteiger partial charge in [-0.2, -0.15) is 0 Å². The summed E-state index contributed by atoms with van der Waals surface area (Å²) < 4.78 is 5.44. The first-order chi connectivity index (χ1) is 13.2. The Morgan fingerprint density at radius 1 is 1.30 bits per heavy atom. The van der Waals surface area contributed by atoms with Crippen molar-refractivity contribution < 1.29 is 9.53 Å². The minimum Gasteiger partial charge on any atom is -0.379 e. The number of aryl methyl sites for hydroxylation is 1. The maximum absolute atomic E-state index is 12.8. The predicted molar refractivity (Wildman–Crippen MR) is 107 cm³/mol. The number of urea groups is 1. The Bertz CT molecular complexity index is 810. The average molecular weight is 370 g/mol. The van der Waals surface area contributed by atoms with E-state index in [2.05, 4.69) is 47.2 Å². The predicted octanol–water partition coefficient (Wildman–Crippen LogP) is 2.65. The van der Waals surface area contributed by atoms with Gasteiger partial charge in [-0.3, -0.25) is 4.90 Å². The monoisotopic (exact) mass is 370 g/mol. The van der Waals surface area contributed by atoms with Crippen LogP contribution in [0.25, 0.3) is 10.9 Å². The lowest BCUT2D eigenvalue weighted by Crippen LogP contribution is -2.51. The van der Waals surface area contributed by atoms with E-state index in [1.54, 1.807) is 0 Å². The fourth-order valence-corrected chi connectivity index (χ4v) is 4.35. The fraction of sp³-hybridized carbons (Fsp3) is 0.571. The molecule has 2 aliphatic heterocycles. The molecule has 6 nitrogen and oxygen atoms in total. The van der Waals surface area contributed by atoms with Crippen molar-refractivity contribution in [1.82, 2.24) is 20.1 Å². The molecular formula is C21H30N4O2. The number of morpholine rings is 1.